The molecule has 0 bridgehead atoms. The summed E-state index contributed by atoms with van der Waals surface area (Å²) >= 11 is 0. The Morgan fingerprint density at radius 2 is 1.71 bits per heavy atom. The van der Waals surface area contributed by atoms with Crippen molar-refractivity contribution in [2.45, 2.75) is 0 Å². The Morgan fingerprint density at radius 1 is 1.29 bits per heavy atom. The van der Waals surface area contributed by atoms with Crippen LogP contribution in [0.5, 0.6) is 0 Å². The monoisotopic (exact) mass is 298 g/mol. The molecule has 1 rings (SSSR count). The first-order valence-corrected chi connectivity index (χ1v) is 1.69. The summed E-state index contributed by atoms with van der Waals surface area (Å²) in [4.78, 5) is 9.80. The first-order chi connectivity index (χ1) is 2.89. The predicted octanol–water partition coefficient (Wildman–Crippen LogP) is -0.763. The molecule has 1 aliphatic heterocycles. The minimum absolute atomic E-state index is 0. The summed E-state index contributed by atoms with van der Waals surface area (Å²) in [5, 5.41) is 0. The van der Waals surface area contributed by atoms with Gasteiger partial charge in [-0.25, -0.2) is 4.79 Å². The Kier molecular flexibility index (Phi) is 3.32. The number of cyclic esters (lactones) is 2. The number of hydrogen-bond acceptors (Lipinski definition) is 3. The quantitative estimate of drug-likeness (QED) is 0.435. The number of carbonyl (C=O) groups is 1. The average Bonchev–Trinajstić information content (AvgIpc) is 1.86. The Bertz CT molecular complexity index is 64.6. The third kappa shape index (κ3) is 2.10. The Morgan fingerprint density at radius 3 is 1.86 bits per heavy atom. The molecule has 4 heteroatoms. The van der Waals surface area contributed by atoms with E-state index in [0.717, 1.165) is 0 Å². The van der Waals surface area contributed by atoms with E-state index < -0.39 is 6.16 Å². The molecule has 1 aliphatic rings. The van der Waals surface area contributed by atoms with Crippen LogP contribution < -0.4 is 0 Å². The fourth-order valence-corrected chi connectivity index (χ4v) is 0.292. The summed E-state index contributed by atoms with van der Waals surface area (Å²) in [6, 6.07) is 0. The number of hydrogen-bond donors (Lipinski definition) is 0. The molecule has 0 unspecified atom stereocenters. The van der Waals surface area contributed by atoms with Crippen LogP contribution in [0.25, 0.3) is 0 Å². The summed E-state index contributed by atoms with van der Waals surface area (Å²) in [6.07, 6.45) is -0.546. The molecule has 0 aliphatic carbocycles. The maximum absolute atomic E-state index is 9.80. The van der Waals surface area contributed by atoms with E-state index in [-0.39, 0.29) is 27.3 Å². The molecule has 7 heavy (non-hydrogen) atoms. The van der Waals surface area contributed by atoms with Gasteiger partial charge in [-0.3, -0.25) is 0 Å². The van der Waals surface area contributed by atoms with Gasteiger partial charge in [0.25, 0.3) is 0 Å². The van der Waals surface area contributed by atoms with Gasteiger partial charge in [-0.1, -0.05) is 0 Å². The maximum atomic E-state index is 9.80. The van der Waals surface area contributed by atoms with Gasteiger partial charge in [-0.15, -0.1) is 0 Å². The van der Waals surface area contributed by atoms with E-state index >= 15 is 0 Å². The molecular weight excluding hydrogens is 291 g/mol. The molecule has 0 aromatic heterocycles. The molecule has 0 saturated carbocycles. The van der Waals surface area contributed by atoms with Gasteiger partial charge in [0.15, 0.2) is 0 Å². The van der Waals surface area contributed by atoms with Gasteiger partial charge >= 0.3 is 33.5 Å². The molecule has 1 fully saturated rings. The van der Waals surface area contributed by atoms with Crippen LogP contribution in [0, 0.1) is 0 Å². The first kappa shape index (κ1) is 7.19. The van der Waals surface area contributed by atoms with E-state index in [1.54, 1.807) is 0 Å². The molecule has 0 atom stereocenters. The fraction of sp³-hybridized carbons (Fsp3) is 0.667. The summed E-state index contributed by atoms with van der Waals surface area (Å²) in [6.45, 7) is 0.831. The molecule has 1 heterocycles. The van der Waals surface area contributed by atoms with E-state index in [1.807, 2.05) is 0 Å². The Labute approximate surface area is 61.1 Å². The van der Waals surface area contributed by atoms with E-state index in [9.17, 15) is 4.79 Å². The van der Waals surface area contributed by atoms with Crippen molar-refractivity contribution in [2.75, 3.05) is 13.2 Å². The second kappa shape index (κ2) is 3.23. The van der Waals surface area contributed by atoms with Crippen molar-refractivity contribution in [1.82, 2.24) is 0 Å². The molecule has 0 N–H and O–H groups in total. The molecule has 0 aromatic carbocycles. The average molecular weight is 297 g/mol. The van der Waals surface area contributed by atoms with Crippen LogP contribution in [-0.2, 0) is 9.47 Å². The van der Waals surface area contributed by atoms with Crippen LogP contribution in [0.3, 0.4) is 0 Å². The van der Waals surface area contributed by atoms with Gasteiger partial charge < -0.3 is 9.47 Å². The van der Waals surface area contributed by atoms with Crippen molar-refractivity contribution in [3.05, 3.63) is 0 Å². The summed E-state index contributed by atoms with van der Waals surface area (Å²) < 4.78 is 8.58. The molecule has 0 amide bonds. The Hall–Kier alpha value is 0.192. The fourth-order valence-electron chi connectivity index (χ4n) is 0.292. The minimum atomic E-state index is -0.546. The number of carbonyl (C=O) groups excluding carboxylic acids is 1. The van der Waals surface area contributed by atoms with E-state index in [2.05, 4.69) is 9.47 Å². The molecule has 0 aromatic rings. The van der Waals surface area contributed by atoms with Crippen LogP contribution in [0.4, 0.5) is 4.79 Å². The summed E-state index contributed by atoms with van der Waals surface area (Å²) in [7, 11) is 0. The van der Waals surface area contributed by atoms with Crippen molar-refractivity contribution in [3.63, 3.8) is 0 Å². The Balaban J connectivity index is 0.000000360. The van der Waals surface area contributed by atoms with Gasteiger partial charge in [0, 0.05) is 0 Å². The molecule has 40 valence electrons. The van der Waals surface area contributed by atoms with Crippen LogP contribution in [0.15, 0.2) is 0 Å². The van der Waals surface area contributed by atoms with Gasteiger partial charge in [-0.05, 0) is 0 Å². The van der Waals surface area contributed by atoms with Crippen molar-refractivity contribution in [2.24, 2.45) is 0 Å². The van der Waals surface area contributed by atoms with Crippen LogP contribution in [0.1, 0.15) is 0 Å². The van der Waals surface area contributed by atoms with E-state index in [0.29, 0.717) is 13.2 Å². The predicted molar refractivity (Wildman–Crippen MR) is 25.8 cm³/mol. The van der Waals surface area contributed by atoms with Gasteiger partial charge in [-0.2, -0.15) is 0 Å². The van der Waals surface area contributed by atoms with Gasteiger partial charge in [0.05, 0.1) is 0 Å². The topological polar surface area (TPSA) is 35.5 Å². The molecule has 2 radical (unpaired) electrons. The molecule has 1 saturated heterocycles. The zero-order chi connectivity index (χ0) is 4.41. The van der Waals surface area contributed by atoms with Crippen molar-refractivity contribution >= 4 is 33.5 Å². The van der Waals surface area contributed by atoms with Gasteiger partial charge in [0.1, 0.15) is 13.2 Å². The standard InChI is InChI=1S/C3H4O3.Pb.2H/c4-3-5-1-2-6-3;;;/h1-2H2;;;. The van der Waals surface area contributed by atoms with Crippen LogP contribution in [0.2, 0.25) is 0 Å². The second-order valence-corrected chi connectivity index (χ2v) is 0.947. The van der Waals surface area contributed by atoms with Crippen molar-refractivity contribution < 1.29 is 14.3 Å². The number of rotatable bonds is 0. The zero-order valence-electron chi connectivity index (χ0n) is 3.85. The zero-order valence-corrected chi connectivity index (χ0v) is 9.34. The molecule has 3 nitrogen and oxygen atoms in total. The van der Waals surface area contributed by atoms with Crippen molar-refractivity contribution in [1.29, 1.82) is 0 Å². The molecular formula is C3H6O3Pb. The van der Waals surface area contributed by atoms with E-state index in [4.69, 9.17) is 0 Å². The second-order valence-electron chi connectivity index (χ2n) is 0.947. The number of ether oxygens (including phenoxy) is 2. The SMILES string of the molecule is O=C1OCCO1.[PbH2]. The van der Waals surface area contributed by atoms with Crippen LogP contribution in [-0.4, -0.2) is 46.7 Å². The van der Waals surface area contributed by atoms with Gasteiger partial charge in [0.2, 0.25) is 0 Å². The summed E-state index contributed by atoms with van der Waals surface area (Å²) in [5.41, 5.74) is 0. The van der Waals surface area contributed by atoms with E-state index in [1.165, 1.54) is 0 Å². The molecule has 0 spiro atoms. The first-order valence-electron chi connectivity index (χ1n) is 1.69. The van der Waals surface area contributed by atoms with Crippen molar-refractivity contribution in [3.8, 4) is 0 Å². The van der Waals surface area contributed by atoms with Crippen LogP contribution >= 0.6 is 0 Å². The normalized spacial score (nSPS) is 16.9. The third-order valence-corrected chi connectivity index (χ3v) is 0.523. The third-order valence-electron chi connectivity index (χ3n) is 0.523. The summed E-state index contributed by atoms with van der Waals surface area (Å²) in [5.74, 6) is 0.